The molecule has 0 unspecified atom stereocenters. The van der Waals surface area contributed by atoms with Gasteiger partial charge >= 0.3 is 0 Å². The fourth-order valence-electron chi connectivity index (χ4n) is 0.602. The number of carbonyl (C=O) groups excluding carboxylic acids is 1. The second-order valence-electron chi connectivity index (χ2n) is 1.83. The van der Waals surface area contributed by atoms with Crippen LogP contribution in [0.25, 0.3) is 0 Å². The summed E-state index contributed by atoms with van der Waals surface area (Å²) in [5, 5.41) is -0.165. The summed E-state index contributed by atoms with van der Waals surface area (Å²) in [7, 11) is 1.22. The fourth-order valence-corrected chi connectivity index (χ4v) is 1.34. The van der Waals surface area contributed by atoms with Gasteiger partial charge in [-0.25, -0.2) is 8.42 Å². The minimum Gasteiger partial charge on any atom is -0.342 e. The lowest BCUT2D eigenvalue weighted by molar-refractivity contribution is 0.111. The molecule has 1 rings (SSSR count). The lowest BCUT2D eigenvalue weighted by atomic mass is 10.5. The van der Waals surface area contributed by atoms with Gasteiger partial charge in [-0.15, -0.1) is 0 Å². The molecule has 60 valence electrons. The van der Waals surface area contributed by atoms with Gasteiger partial charge in [0, 0.05) is 10.7 Å². The van der Waals surface area contributed by atoms with Gasteiger partial charge in [-0.2, -0.15) is 0 Å². The molecule has 0 saturated carbocycles. The van der Waals surface area contributed by atoms with Gasteiger partial charge in [0.05, 0.1) is 5.69 Å². The van der Waals surface area contributed by atoms with Crippen LogP contribution in [0.1, 0.15) is 10.5 Å². The Balaban J connectivity index is 3.18. The van der Waals surface area contributed by atoms with Crippen LogP contribution in [0.2, 0.25) is 0 Å². The van der Waals surface area contributed by atoms with Crippen molar-refractivity contribution in [3.63, 3.8) is 0 Å². The van der Waals surface area contributed by atoms with E-state index in [-0.39, 0.29) is 10.7 Å². The molecule has 11 heavy (non-hydrogen) atoms. The van der Waals surface area contributed by atoms with Crippen LogP contribution in [-0.4, -0.2) is 19.7 Å². The smallest absolute Gasteiger partial charge is 0.276 e. The lowest BCUT2D eigenvalue weighted by Crippen LogP contribution is -1.90. The number of H-pyrrole nitrogens is 1. The van der Waals surface area contributed by atoms with Crippen LogP contribution >= 0.6 is 10.7 Å². The van der Waals surface area contributed by atoms with Crippen LogP contribution in [-0.2, 0) is 9.05 Å². The van der Waals surface area contributed by atoms with Crippen molar-refractivity contribution in [2.24, 2.45) is 0 Å². The van der Waals surface area contributed by atoms with Crippen LogP contribution in [0.5, 0.6) is 0 Å². The number of aromatic amines is 1. The summed E-state index contributed by atoms with van der Waals surface area (Å²) in [5.41, 5.74) is 0.184. The van der Waals surface area contributed by atoms with Crippen molar-refractivity contribution in [3.05, 3.63) is 17.8 Å². The Morgan fingerprint density at radius 1 is 1.45 bits per heavy atom. The largest absolute Gasteiger partial charge is 0.342 e. The molecule has 0 saturated heterocycles. The zero-order valence-corrected chi connectivity index (χ0v) is 6.82. The van der Waals surface area contributed by atoms with E-state index >= 15 is 0 Å². The molecular weight excluding hydrogens is 190 g/mol. The molecule has 0 aliphatic rings. The average Bonchev–Trinajstić information content (AvgIpc) is 2.32. The molecular formula is C5H4ClNO3S. The van der Waals surface area contributed by atoms with Gasteiger partial charge in [-0.1, -0.05) is 0 Å². The third kappa shape index (κ3) is 1.81. The summed E-state index contributed by atoms with van der Waals surface area (Å²) >= 11 is 0. The predicted octanol–water partition coefficient (Wildman–Crippen LogP) is 0.755. The highest BCUT2D eigenvalue weighted by atomic mass is 35.7. The molecule has 0 aliphatic heterocycles. The second kappa shape index (κ2) is 2.67. The van der Waals surface area contributed by atoms with Crippen molar-refractivity contribution in [1.82, 2.24) is 4.98 Å². The van der Waals surface area contributed by atoms with Crippen LogP contribution in [0, 0.1) is 0 Å². The predicted molar refractivity (Wildman–Crippen MR) is 39.2 cm³/mol. The monoisotopic (exact) mass is 193 g/mol. The Morgan fingerprint density at radius 2 is 2.09 bits per heavy atom. The molecule has 1 N–H and O–H groups in total. The molecule has 0 fully saturated rings. The first kappa shape index (κ1) is 8.29. The van der Waals surface area contributed by atoms with E-state index < -0.39 is 9.05 Å². The zero-order valence-electron chi connectivity index (χ0n) is 5.24. The van der Waals surface area contributed by atoms with Crippen molar-refractivity contribution in [2.45, 2.75) is 5.03 Å². The minimum atomic E-state index is -3.73. The minimum absolute atomic E-state index is 0.165. The highest BCUT2D eigenvalue weighted by Crippen LogP contribution is 2.12. The maximum Gasteiger partial charge on any atom is 0.276 e. The van der Waals surface area contributed by atoms with Gasteiger partial charge in [0.25, 0.3) is 9.05 Å². The molecule has 0 bridgehead atoms. The van der Waals surface area contributed by atoms with E-state index in [1.807, 2.05) is 0 Å². The summed E-state index contributed by atoms with van der Waals surface area (Å²) < 4.78 is 21.2. The number of aromatic nitrogens is 1. The van der Waals surface area contributed by atoms with Crippen LogP contribution in [0.4, 0.5) is 0 Å². The first-order chi connectivity index (χ1) is 5.04. The molecule has 0 aliphatic carbocycles. The van der Waals surface area contributed by atoms with Crippen molar-refractivity contribution >= 4 is 26.0 Å². The van der Waals surface area contributed by atoms with Crippen LogP contribution in [0.15, 0.2) is 17.2 Å². The fraction of sp³-hybridized carbons (Fsp3) is 0. The molecule has 1 aromatic heterocycles. The van der Waals surface area contributed by atoms with Gasteiger partial charge in [0.2, 0.25) is 0 Å². The van der Waals surface area contributed by atoms with Crippen LogP contribution in [0.3, 0.4) is 0 Å². The maximum atomic E-state index is 10.6. The Kier molecular flexibility index (Phi) is 2.01. The molecule has 0 atom stereocenters. The van der Waals surface area contributed by atoms with E-state index in [0.717, 1.165) is 0 Å². The van der Waals surface area contributed by atoms with E-state index in [9.17, 15) is 13.2 Å². The van der Waals surface area contributed by atoms with E-state index in [1.54, 1.807) is 0 Å². The highest BCUT2D eigenvalue weighted by Gasteiger charge is 2.11. The molecule has 4 nitrogen and oxygen atoms in total. The topological polar surface area (TPSA) is 67.0 Å². The lowest BCUT2D eigenvalue weighted by Gasteiger charge is -1.86. The molecule has 0 radical (unpaired) electrons. The molecule has 6 heteroatoms. The van der Waals surface area contributed by atoms with Gasteiger partial charge in [0.1, 0.15) is 5.03 Å². The first-order valence-corrected chi connectivity index (χ1v) is 4.94. The van der Waals surface area contributed by atoms with E-state index in [0.29, 0.717) is 6.29 Å². The summed E-state index contributed by atoms with van der Waals surface area (Å²) in [6.45, 7) is 0. The van der Waals surface area contributed by atoms with Crippen molar-refractivity contribution in [3.8, 4) is 0 Å². The Hall–Kier alpha value is -0.810. The number of hydrogen-bond donors (Lipinski definition) is 1. The summed E-state index contributed by atoms with van der Waals surface area (Å²) in [4.78, 5) is 12.4. The summed E-state index contributed by atoms with van der Waals surface area (Å²) in [6, 6.07) is 2.56. The van der Waals surface area contributed by atoms with Crippen molar-refractivity contribution in [2.75, 3.05) is 0 Å². The molecule has 1 aromatic rings. The quantitative estimate of drug-likeness (QED) is 0.557. The van der Waals surface area contributed by atoms with Crippen LogP contribution < -0.4 is 0 Å². The van der Waals surface area contributed by atoms with Crippen molar-refractivity contribution in [1.29, 1.82) is 0 Å². The van der Waals surface area contributed by atoms with E-state index in [1.165, 1.54) is 12.1 Å². The Morgan fingerprint density at radius 3 is 2.36 bits per heavy atom. The third-order valence-electron chi connectivity index (χ3n) is 1.07. The zero-order chi connectivity index (χ0) is 8.48. The maximum absolute atomic E-state index is 10.6. The molecule has 0 amide bonds. The number of aldehydes is 1. The van der Waals surface area contributed by atoms with E-state index in [4.69, 9.17) is 10.7 Å². The summed E-state index contributed by atoms with van der Waals surface area (Å²) in [6.07, 6.45) is 0.506. The SMILES string of the molecule is O=Cc1ccc(S(=O)(=O)Cl)[nH]1. The Bertz CT molecular complexity index is 367. The van der Waals surface area contributed by atoms with Gasteiger partial charge in [0.15, 0.2) is 6.29 Å². The third-order valence-corrected chi connectivity index (χ3v) is 2.33. The van der Waals surface area contributed by atoms with Gasteiger partial charge in [-0.3, -0.25) is 4.79 Å². The molecule has 0 aromatic carbocycles. The number of rotatable bonds is 2. The second-order valence-corrected chi connectivity index (χ2v) is 4.37. The van der Waals surface area contributed by atoms with Gasteiger partial charge < -0.3 is 4.98 Å². The number of hydrogen-bond acceptors (Lipinski definition) is 3. The molecule has 1 heterocycles. The number of carbonyl (C=O) groups is 1. The molecule has 0 spiro atoms. The van der Waals surface area contributed by atoms with Crippen molar-refractivity contribution < 1.29 is 13.2 Å². The normalized spacial score (nSPS) is 11.4. The first-order valence-electron chi connectivity index (χ1n) is 2.63. The number of halogens is 1. The highest BCUT2D eigenvalue weighted by molar-refractivity contribution is 8.13. The standard InChI is InChI=1S/C5H4ClNO3S/c6-11(9,10)5-2-1-4(3-8)7-5/h1-3,7H. The average molecular weight is 194 g/mol. The van der Waals surface area contributed by atoms with Gasteiger partial charge in [-0.05, 0) is 12.1 Å². The Labute approximate surface area is 67.6 Å². The summed E-state index contributed by atoms with van der Waals surface area (Å²) in [5.74, 6) is 0. The van der Waals surface area contributed by atoms with E-state index in [2.05, 4.69) is 4.98 Å². The number of nitrogens with one attached hydrogen (secondary N) is 1.